The molecule has 7 nitrogen and oxygen atoms in total. The molecule has 4 saturated carbocycles. The summed E-state index contributed by atoms with van der Waals surface area (Å²) in [6, 6.07) is 0. The zero-order valence-corrected chi connectivity index (χ0v) is 14.5. The number of carbonyl (C=O) groups is 1. The van der Waals surface area contributed by atoms with Crippen LogP contribution in [0.4, 0.5) is 0 Å². The molecule has 0 aliphatic heterocycles. The van der Waals surface area contributed by atoms with Crippen molar-refractivity contribution in [2.45, 2.75) is 51.0 Å². The van der Waals surface area contributed by atoms with Gasteiger partial charge in [0.05, 0.1) is 5.39 Å². The predicted molar refractivity (Wildman–Crippen MR) is 90.2 cm³/mol. The first-order chi connectivity index (χ1) is 11.9. The first-order valence-corrected chi connectivity index (χ1v) is 9.10. The lowest BCUT2D eigenvalue weighted by atomic mass is 9.53. The summed E-state index contributed by atoms with van der Waals surface area (Å²) >= 11 is 0. The van der Waals surface area contributed by atoms with Crippen molar-refractivity contribution >= 4 is 16.8 Å². The lowest BCUT2D eigenvalue weighted by molar-refractivity contribution is -0.0167. The van der Waals surface area contributed by atoms with Gasteiger partial charge in [-0.05, 0) is 63.2 Å². The van der Waals surface area contributed by atoms with E-state index in [0.717, 1.165) is 37.0 Å². The van der Waals surface area contributed by atoms with Crippen LogP contribution in [0.5, 0.6) is 0 Å². The van der Waals surface area contributed by atoms with E-state index >= 15 is 0 Å². The Morgan fingerprint density at radius 3 is 2.40 bits per heavy atom. The Kier molecular flexibility index (Phi) is 2.98. The highest BCUT2D eigenvalue weighted by molar-refractivity contribution is 6.04. The largest absolute Gasteiger partial charge is 0.360 e. The number of hydrogen-bond donors (Lipinski definition) is 1. The Balaban J connectivity index is 1.53. The van der Waals surface area contributed by atoms with E-state index in [1.807, 2.05) is 0 Å². The van der Waals surface area contributed by atoms with Gasteiger partial charge in [-0.1, -0.05) is 5.16 Å². The number of nitrogens with zero attached hydrogens (tertiary/aromatic N) is 3. The number of carbonyl (C=O) groups excluding carboxylic acids is 1. The van der Waals surface area contributed by atoms with E-state index in [0.29, 0.717) is 11.1 Å². The number of hydrogen-bond acceptors (Lipinski definition) is 5. The zero-order valence-electron chi connectivity index (χ0n) is 14.5. The molecule has 1 amide bonds. The molecule has 4 aliphatic carbocycles. The quantitative estimate of drug-likeness (QED) is 0.900. The summed E-state index contributed by atoms with van der Waals surface area (Å²) < 4.78 is 6.32. The third-order valence-electron chi connectivity index (χ3n) is 6.48. The fourth-order valence-electron chi connectivity index (χ4n) is 5.92. The van der Waals surface area contributed by atoms with Crippen LogP contribution in [0.3, 0.4) is 0 Å². The van der Waals surface area contributed by atoms with Gasteiger partial charge in [-0.25, -0.2) is 4.68 Å². The summed E-state index contributed by atoms with van der Waals surface area (Å²) in [5, 5.41) is 11.8. The van der Waals surface area contributed by atoms with E-state index in [-0.39, 0.29) is 28.2 Å². The van der Waals surface area contributed by atoms with Crippen LogP contribution in [0, 0.1) is 24.7 Å². The van der Waals surface area contributed by atoms with E-state index in [1.54, 1.807) is 6.92 Å². The molecule has 0 saturated heterocycles. The molecule has 6 rings (SSSR count). The average Bonchev–Trinajstić information content (AvgIpc) is 2.91. The van der Waals surface area contributed by atoms with Crippen LogP contribution in [-0.2, 0) is 7.05 Å². The second-order valence-electron chi connectivity index (χ2n) is 8.39. The second kappa shape index (κ2) is 4.93. The lowest BCUT2D eigenvalue weighted by Crippen LogP contribution is -2.60. The standard InChI is InChI=1S/C18H22N4O3/c1-9-13-14(20-22(2)17(24)15(13)21-25-9)16(23)19-18-6-10-3-11(7-18)5-12(4-10)8-18/h10-12H,3-8H2,1-2H3,(H,19,23). The fraction of sp³-hybridized carbons (Fsp3) is 0.667. The number of fused-ring (bicyclic) bond motifs is 1. The van der Waals surface area contributed by atoms with Crippen LogP contribution < -0.4 is 10.9 Å². The number of aryl methyl sites for hydroxylation is 2. The summed E-state index contributed by atoms with van der Waals surface area (Å²) in [6.45, 7) is 1.71. The Bertz CT molecular complexity index is 906. The van der Waals surface area contributed by atoms with E-state index in [2.05, 4.69) is 15.6 Å². The lowest BCUT2D eigenvalue weighted by Gasteiger charge is -2.56. The predicted octanol–water partition coefficient (Wildman–Crippen LogP) is 1.93. The summed E-state index contributed by atoms with van der Waals surface area (Å²) in [6.07, 6.45) is 7.18. The van der Waals surface area contributed by atoms with Gasteiger partial charge in [0, 0.05) is 12.6 Å². The van der Waals surface area contributed by atoms with E-state index in [9.17, 15) is 9.59 Å². The Morgan fingerprint density at radius 1 is 1.20 bits per heavy atom. The Morgan fingerprint density at radius 2 is 1.80 bits per heavy atom. The number of aromatic nitrogens is 3. The molecule has 4 fully saturated rings. The summed E-state index contributed by atoms with van der Waals surface area (Å²) in [5.74, 6) is 2.48. The molecule has 2 aromatic heterocycles. The smallest absolute Gasteiger partial charge is 0.296 e. The molecule has 0 spiro atoms. The van der Waals surface area contributed by atoms with Gasteiger partial charge in [-0.3, -0.25) is 9.59 Å². The Labute approximate surface area is 144 Å². The van der Waals surface area contributed by atoms with Gasteiger partial charge >= 0.3 is 0 Å². The molecule has 0 aromatic carbocycles. The third-order valence-corrected chi connectivity index (χ3v) is 6.48. The molecule has 7 heteroatoms. The second-order valence-corrected chi connectivity index (χ2v) is 8.39. The molecule has 25 heavy (non-hydrogen) atoms. The summed E-state index contributed by atoms with van der Waals surface area (Å²) in [4.78, 5) is 25.3. The van der Waals surface area contributed by atoms with Crippen molar-refractivity contribution in [2.75, 3.05) is 0 Å². The number of rotatable bonds is 2. The highest BCUT2D eigenvalue weighted by Gasteiger charge is 2.51. The fourth-order valence-corrected chi connectivity index (χ4v) is 5.92. The monoisotopic (exact) mass is 342 g/mol. The average molecular weight is 342 g/mol. The van der Waals surface area contributed by atoms with Gasteiger partial charge in [0.1, 0.15) is 5.76 Å². The first kappa shape index (κ1) is 15.1. The molecule has 132 valence electrons. The highest BCUT2D eigenvalue weighted by atomic mass is 16.5. The molecule has 1 N–H and O–H groups in total. The van der Waals surface area contributed by atoms with Crippen LogP contribution in [0.15, 0.2) is 9.32 Å². The topological polar surface area (TPSA) is 90.0 Å². The van der Waals surface area contributed by atoms with Crippen LogP contribution in [0.2, 0.25) is 0 Å². The minimum Gasteiger partial charge on any atom is -0.360 e. The highest BCUT2D eigenvalue weighted by Crippen LogP contribution is 2.55. The van der Waals surface area contributed by atoms with Crippen molar-refractivity contribution in [1.82, 2.24) is 20.3 Å². The van der Waals surface area contributed by atoms with Crippen molar-refractivity contribution in [3.63, 3.8) is 0 Å². The van der Waals surface area contributed by atoms with Crippen LogP contribution in [0.1, 0.15) is 54.8 Å². The zero-order chi connectivity index (χ0) is 17.3. The van der Waals surface area contributed by atoms with E-state index in [1.165, 1.54) is 31.0 Å². The van der Waals surface area contributed by atoms with Gasteiger partial charge in [-0.2, -0.15) is 5.10 Å². The third kappa shape index (κ3) is 2.17. The van der Waals surface area contributed by atoms with Gasteiger partial charge in [-0.15, -0.1) is 0 Å². The van der Waals surface area contributed by atoms with Gasteiger partial charge in [0.25, 0.3) is 11.5 Å². The summed E-state index contributed by atoms with van der Waals surface area (Å²) in [5.41, 5.74) is -0.0324. The van der Waals surface area contributed by atoms with Crippen molar-refractivity contribution in [3.05, 3.63) is 21.8 Å². The van der Waals surface area contributed by atoms with Crippen LogP contribution in [0.25, 0.3) is 10.9 Å². The molecule has 2 aromatic rings. The van der Waals surface area contributed by atoms with Crippen molar-refractivity contribution in [3.8, 4) is 0 Å². The van der Waals surface area contributed by atoms with E-state index < -0.39 is 0 Å². The first-order valence-electron chi connectivity index (χ1n) is 9.10. The van der Waals surface area contributed by atoms with Crippen molar-refractivity contribution in [2.24, 2.45) is 24.8 Å². The number of nitrogens with one attached hydrogen (secondary N) is 1. The van der Waals surface area contributed by atoms with E-state index in [4.69, 9.17) is 4.52 Å². The Hall–Kier alpha value is -2.18. The maximum atomic E-state index is 13.1. The minimum absolute atomic E-state index is 0.0976. The summed E-state index contributed by atoms with van der Waals surface area (Å²) in [7, 11) is 1.54. The normalized spacial score (nSPS) is 33.1. The van der Waals surface area contributed by atoms with Crippen molar-refractivity contribution < 1.29 is 9.32 Å². The van der Waals surface area contributed by atoms with Crippen LogP contribution in [-0.4, -0.2) is 26.4 Å². The number of amides is 1. The molecule has 2 heterocycles. The molecule has 0 unspecified atom stereocenters. The molecule has 0 atom stereocenters. The maximum absolute atomic E-state index is 13.1. The molecule has 0 radical (unpaired) electrons. The van der Waals surface area contributed by atoms with Gasteiger partial charge in [0.15, 0.2) is 11.2 Å². The van der Waals surface area contributed by atoms with Gasteiger partial charge < -0.3 is 9.84 Å². The molecular weight excluding hydrogens is 320 g/mol. The minimum atomic E-state index is -0.349. The van der Waals surface area contributed by atoms with Gasteiger partial charge in [0.2, 0.25) is 0 Å². The van der Waals surface area contributed by atoms with Crippen molar-refractivity contribution in [1.29, 1.82) is 0 Å². The molecule has 4 aliphatic rings. The van der Waals surface area contributed by atoms with Crippen LogP contribution >= 0.6 is 0 Å². The maximum Gasteiger partial charge on any atom is 0.296 e. The SMILES string of the molecule is Cc1onc2c(=O)n(C)nc(C(=O)NC34CC5CC(CC(C5)C3)C4)c12. The molecular formula is C18H22N4O3. The molecule has 4 bridgehead atoms.